The molecule has 2 saturated heterocycles. The molecule has 2 bridgehead atoms. The van der Waals surface area contributed by atoms with Crippen LogP contribution in [0, 0.1) is 0 Å². The third-order valence-corrected chi connectivity index (χ3v) is 7.14. The molecule has 2 fully saturated rings. The van der Waals surface area contributed by atoms with Crippen molar-refractivity contribution in [2.45, 2.75) is 54.6 Å². The number of fused-ring (bicyclic) bond motifs is 2. The smallest absolute Gasteiger partial charge is 0.156 e. The predicted octanol–water partition coefficient (Wildman–Crippen LogP) is 1.48. The van der Waals surface area contributed by atoms with Gasteiger partial charge in [0.1, 0.15) is 0 Å². The highest BCUT2D eigenvalue weighted by atomic mass is 32.2. The highest BCUT2D eigenvalue weighted by Gasteiger charge is 2.50. The second kappa shape index (κ2) is 4.56. The molecule has 1 aromatic heterocycles. The first-order chi connectivity index (χ1) is 9.00. The molecule has 0 saturated carbocycles. The summed E-state index contributed by atoms with van der Waals surface area (Å²) in [6, 6.07) is 3.77. The van der Waals surface area contributed by atoms with Crippen LogP contribution in [0.25, 0.3) is 0 Å². The van der Waals surface area contributed by atoms with E-state index in [1.165, 1.54) is 0 Å². The molecule has 2 atom stereocenters. The largest absolute Gasteiger partial charge is 0.389 e. The third-order valence-electron chi connectivity index (χ3n) is 4.48. The molecule has 0 aliphatic carbocycles. The maximum absolute atomic E-state index is 12.2. The number of hydrogen-bond acceptors (Lipinski definition) is 4. The van der Waals surface area contributed by atoms with E-state index in [0.29, 0.717) is 32.1 Å². The van der Waals surface area contributed by atoms with Gasteiger partial charge < -0.3 is 5.11 Å². The van der Waals surface area contributed by atoms with Gasteiger partial charge in [-0.25, -0.2) is 8.42 Å². The number of sulfone groups is 1. The van der Waals surface area contributed by atoms with Crippen LogP contribution in [0.4, 0.5) is 0 Å². The zero-order chi connectivity index (χ0) is 13.5. The highest BCUT2D eigenvalue weighted by Crippen LogP contribution is 2.42. The van der Waals surface area contributed by atoms with Crippen molar-refractivity contribution in [2.75, 3.05) is 0 Å². The van der Waals surface area contributed by atoms with Crippen LogP contribution in [-0.4, -0.2) is 34.6 Å². The summed E-state index contributed by atoms with van der Waals surface area (Å²) in [5.74, 6) is 0. The fraction of sp³-hybridized carbons (Fsp3) is 0.643. The Hall–Kier alpha value is -0.940. The first-order valence-corrected chi connectivity index (χ1v) is 8.45. The van der Waals surface area contributed by atoms with Gasteiger partial charge in [-0.2, -0.15) is 0 Å². The average Bonchev–Trinajstić information content (AvgIpc) is 2.33. The van der Waals surface area contributed by atoms with E-state index < -0.39 is 15.4 Å². The lowest BCUT2D eigenvalue weighted by molar-refractivity contribution is 0.00988. The number of pyridine rings is 1. The normalized spacial score (nSPS) is 36.9. The first kappa shape index (κ1) is 13.1. The molecule has 0 spiro atoms. The van der Waals surface area contributed by atoms with Crippen LogP contribution in [0.1, 0.15) is 37.7 Å². The van der Waals surface area contributed by atoms with E-state index in [0.717, 1.165) is 12.0 Å². The van der Waals surface area contributed by atoms with Crippen LogP contribution in [0.15, 0.2) is 24.5 Å². The molecular formula is C14H19NO3S. The Labute approximate surface area is 113 Å². The van der Waals surface area contributed by atoms with Crippen LogP contribution in [0.3, 0.4) is 0 Å². The summed E-state index contributed by atoms with van der Waals surface area (Å²) in [4.78, 5) is 3.96. The minimum atomic E-state index is -3.00. The van der Waals surface area contributed by atoms with Crippen LogP contribution >= 0.6 is 0 Å². The summed E-state index contributed by atoms with van der Waals surface area (Å²) < 4.78 is 24.4. The van der Waals surface area contributed by atoms with Crippen molar-refractivity contribution in [3.8, 4) is 0 Å². The van der Waals surface area contributed by atoms with E-state index in [1.807, 2.05) is 12.1 Å². The van der Waals surface area contributed by atoms with E-state index in [9.17, 15) is 13.5 Å². The summed E-state index contributed by atoms with van der Waals surface area (Å²) in [6.07, 6.45) is 7.09. The predicted molar refractivity (Wildman–Crippen MR) is 72.5 cm³/mol. The summed E-state index contributed by atoms with van der Waals surface area (Å²) in [5, 5.41) is 10.1. The van der Waals surface area contributed by atoms with Crippen molar-refractivity contribution in [3.05, 3.63) is 30.1 Å². The second-order valence-electron chi connectivity index (χ2n) is 5.93. The molecule has 0 radical (unpaired) electrons. The first-order valence-electron chi connectivity index (χ1n) is 6.84. The maximum Gasteiger partial charge on any atom is 0.156 e. The Morgan fingerprint density at radius 1 is 1.21 bits per heavy atom. The lowest BCUT2D eigenvalue weighted by Gasteiger charge is -2.43. The van der Waals surface area contributed by atoms with Gasteiger partial charge >= 0.3 is 0 Å². The zero-order valence-corrected chi connectivity index (χ0v) is 11.6. The molecule has 1 aromatic rings. The number of rotatable bonds is 2. The molecule has 2 aliphatic rings. The van der Waals surface area contributed by atoms with Gasteiger partial charge in [0.25, 0.3) is 0 Å². The number of nitrogens with zero attached hydrogens (tertiary/aromatic N) is 1. The Morgan fingerprint density at radius 3 is 2.37 bits per heavy atom. The van der Waals surface area contributed by atoms with Crippen molar-refractivity contribution in [1.82, 2.24) is 4.98 Å². The van der Waals surface area contributed by atoms with Crippen molar-refractivity contribution in [1.29, 1.82) is 0 Å². The molecular weight excluding hydrogens is 262 g/mol. The minimum Gasteiger partial charge on any atom is -0.389 e. The van der Waals surface area contributed by atoms with Crippen LogP contribution < -0.4 is 0 Å². The van der Waals surface area contributed by atoms with Gasteiger partial charge in [-0.3, -0.25) is 4.98 Å². The van der Waals surface area contributed by atoms with Crippen molar-refractivity contribution < 1.29 is 13.5 Å². The molecule has 0 amide bonds. The molecule has 0 aromatic carbocycles. The van der Waals surface area contributed by atoms with Gasteiger partial charge in [-0.05, 0) is 43.4 Å². The summed E-state index contributed by atoms with van der Waals surface area (Å²) >= 11 is 0. The van der Waals surface area contributed by atoms with E-state index in [4.69, 9.17) is 0 Å². The third kappa shape index (κ3) is 2.41. The number of hydrogen-bond donors (Lipinski definition) is 1. The molecule has 2 unspecified atom stereocenters. The van der Waals surface area contributed by atoms with E-state index in [1.54, 1.807) is 12.4 Å². The molecule has 2 aliphatic heterocycles. The Bertz CT molecular complexity index is 535. The van der Waals surface area contributed by atoms with Gasteiger partial charge in [0.2, 0.25) is 0 Å². The topological polar surface area (TPSA) is 67.3 Å². The Kier molecular flexibility index (Phi) is 3.14. The molecule has 5 heteroatoms. The van der Waals surface area contributed by atoms with Gasteiger partial charge in [0.15, 0.2) is 9.84 Å². The van der Waals surface area contributed by atoms with E-state index in [2.05, 4.69) is 4.98 Å². The molecule has 104 valence electrons. The zero-order valence-electron chi connectivity index (χ0n) is 10.8. The molecule has 19 heavy (non-hydrogen) atoms. The van der Waals surface area contributed by atoms with Crippen molar-refractivity contribution in [2.24, 2.45) is 0 Å². The quantitative estimate of drug-likeness (QED) is 0.891. The number of aromatic nitrogens is 1. The monoisotopic (exact) mass is 281 g/mol. The molecule has 3 heterocycles. The van der Waals surface area contributed by atoms with Gasteiger partial charge in [0.05, 0.1) is 16.1 Å². The Balaban J connectivity index is 1.83. The van der Waals surface area contributed by atoms with E-state index in [-0.39, 0.29) is 10.5 Å². The summed E-state index contributed by atoms with van der Waals surface area (Å²) in [7, 11) is -3.00. The lowest BCUT2D eigenvalue weighted by Crippen LogP contribution is -2.52. The highest BCUT2D eigenvalue weighted by molar-refractivity contribution is 7.92. The fourth-order valence-electron chi connectivity index (χ4n) is 3.57. The van der Waals surface area contributed by atoms with Crippen molar-refractivity contribution in [3.63, 3.8) is 0 Å². The number of aliphatic hydroxyl groups is 1. The average molecular weight is 281 g/mol. The van der Waals surface area contributed by atoms with Gasteiger partial charge in [-0.1, -0.05) is 6.42 Å². The maximum atomic E-state index is 12.2. The van der Waals surface area contributed by atoms with Gasteiger partial charge in [0, 0.05) is 18.8 Å². The molecule has 3 rings (SSSR count). The van der Waals surface area contributed by atoms with Crippen LogP contribution in [-0.2, 0) is 16.3 Å². The Morgan fingerprint density at radius 2 is 1.79 bits per heavy atom. The van der Waals surface area contributed by atoms with E-state index >= 15 is 0 Å². The standard InChI is InChI=1S/C14H19NO3S/c16-14(8-11-4-6-15-7-5-11)9-12-2-1-3-13(10-14)19(12,17)18/h4-7,12-13,16H,1-3,8-10H2. The lowest BCUT2D eigenvalue weighted by atomic mass is 9.81. The SMILES string of the molecule is O=S1(=O)C2CCCC1CC(O)(Cc1ccncc1)C2. The summed E-state index contributed by atoms with van der Waals surface area (Å²) in [6.45, 7) is 0. The second-order valence-corrected chi connectivity index (χ2v) is 8.44. The minimum absolute atomic E-state index is 0.341. The van der Waals surface area contributed by atoms with Crippen molar-refractivity contribution >= 4 is 9.84 Å². The molecule has 1 N–H and O–H groups in total. The molecule has 4 nitrogen and oxygen atoms in total. The van der Waals surface area contributed by atoms with Crippen LogP contribution in [0.5, 0.6) is 0 Å². The fourth-order valence-corrected chi connectivity index (χ4v) is 6.19. The van der Waals surface area contributed by atoms with Gasteiger partial charge in [-0.15, -0.1) is 0 Å². The van der Waals surface area contributed by atoms with Crippen LogP contribution in [0.2, 0.25) is 0 Å². The summed E-state index contributed by atoms with van der Waals surface area (Å²) in [5.41, 5.74) is 0.150.